The number of hydrogen-bond acceptors (Lipinski definition) is 7. The van der Waals surface area contributed by atoms with Gasteiger partial charge in [0, 0.05) is 18.5 Å². The second-order valence-corrected chi connectivity index (χ2v) is 10.7. The van der Waals surface area contributed by atoms with E-state index >= 15 is 0 Å². The molecule has 2 atom stereocenters. The maximum absolute atomic E-state index is 11.9. The number of aliphatic hydroxyl groups excluding tert-OH is 2. The van der Waals surface area contributed by atoms with E-state index in [1.54, 1.807) is 0 Å². The molecule has 0 radical (unpaired) electrons. The number of halogens is 1. The van der Waals surface area contributed by atoms with Crippen LogP contribution in [0.2, 0.25) is 5.02 Å². The summed E-state index contributed by atoms with van der Waals surface area (Å²) in [6.45, 7) is 9.20. The lowest BCUT2D eigenvalue weighted by Crippen LogP contribution is -2.39. The fourth-order valence-corrected chi connectivity index (χ4v) is 4.05. The summed E-state index contributed by atoms with van der Waals surface area (Å²) in [7, 11) is 0. The lowest BCUT2D eigenvalue weighted by Gasteiger charge is -2.17. The molecule has 0 bridgehead atoms. The van der Waals surface area contributed by atoms with Crippen molar-refractivity contribution in [3.05, 3.63) is 63.7 Å². The summed E-state index contributed by atoms with van der Waals surface area (Å²) in [5.74, 6) is -3.45. The van der Waals surface area contributed by atoms with Crippen LogP contribution in [0.4, 0.5) is 5.69 Å². The lowest BCUT2D eigenvalue weighted by molar-refractivity contribution is -0.165. The van der Waals surface area contributed by atoms with Crippen LogP contribution in [-0.4, -0.2) is 70.1 Å². The number of aliphatic hydroxyl groups is 2. The van der Waals surface area contributed by atoms with E-state index < -0.39 is 24.1 Å². The summed E-state index contributed by atoms with van der Waals surface area (Å²) in [6, 6.07) is 12.7. The normalized spacial score (nSPS) is 14.5. The molecule has 0 spiro atoms. The van der Waals surface area contributed by atoms with Crippen molar-refractivity contribution in [2.45, 2.75) is 58.8 Å². The van der Waals surface area contributed by atoms with Gasteiger partial charge in [-0.05, 0) is 60.7 Å². The molecular weight excluding hydrogens is 526 g/mol. The molecule has 0 fully saturated rings. The van der Waals surface area contributed by atoms with Crippen LogP contribution in [0.5, 0.6) is 0 Å². The van der Waals surface area contributed by atoms with Gasteiger partial charge in [0.1, 0.15) is 0 Å². The Bertz CT molecular complexity index is 1120. The van der Waals surface area contributed by atoms with Gasteiger partial charge < -0.3 is 36.4 Å². The van der Waals surface area contributed by atoms with Crippen molar-refractivity contribution in [2.24, 2.45) is 5.41 Å². The van der Waals surface area contributed by atoms with E-state index in [1.807, 2.05) is 26.8 Å². The van der Waals surface area contributed by atoms with Crippen LogP contribution >= 0.6 is 11.6 Å². The van der Waals surface area contributed by atoms with E-state index in [4.69, 9.17) is 32.0 Å². The first-order chi connectivity index (χ1) is 18.3. The fraction of sp³-hybridized carbons (Fsp3) is 0.464. The smallest absolute Gasteiger partial charge is 0.335 e. The summed E-state index contributed by atoms with van der Waals surface area (Å²) in [5, 5.41) is 43.3. The SMILES string of the molecule is CC(C)(C)C(=O)NCCc1ccc(CNc2c(Cl)ccc3c2CCNCC3)cc1.O=C(O)[C@H](O)[C@@H](O)C(=O)O. The Morgan fingerprint density at radius 2 is 1.49 bits per heavy atom. The van der Waals surface area contributed by atoms with Gasteiger partial charge in [-0.3, -0.25) is 4.79 Å². The fourth-order valence-electron chi connectivity index (χ4n) is 3.80. The lowest BCUT2D eigenvalue weighted by atomic mass is 9.95. The van der Waals surface area contributed by atoms with E-state index in [9.17, 15) is 14.4 Å². The Morgan fingerprint density at radius 3 is 2.05 bits per heavy atom. The van der Waals surface area contributed by atoms with Crippen LogP contribution in [0.15, 0.2) is 36.4 Å². The van der Waals surface area contributed by atoms with Crippen molar-refractivity contribution < 1.29 is 34.8 Å². The molecule has 0 saturated carbocycles. The number of carbonyl (C=O) groups excluding carboxylic acids is 1. The number of carbonyl (C=O) groups is 3. The van der Waals surface area contributed by atoms with E-state index in [0.29, 0.717) is 6.54 Å². The average Bonchev–Trinajstić information content (AvgIpc) is 3.13. The first-order valence-electron chi connectivity index (χ1n) is 12.7. The number of carboxylic acid groups (broad SMARTS) is 2. The summed E-state index contributed by atoms with van der Waals surface area (Å²) in [5.41, 5.74) is 5.89. The minimum atomic E-state index is -2.27. The van der Waals surface area contributed by atoms with Crippen LogP contribution in [0.1, 0.15) is 43.0 Å². The molecule has 214 valence electrons. The van der Waals surface area contributed by atoms with E-state index in [0.717, 1.165) is 49.6 Å². The van der Waals surface area contributed by atoms with E-state index in [2.05, 4.69) is 46.3 Å². The maximum atomic E-state index is 11.9. The van der Waals surface area contributed by atoms with Crippen LogP contribution in [-0.2, 0) is 40.2 Å². The molecule has 3 rings (SSSR count). The first kappa shape index (κ1) is 32.0. The predicted octanol–water partition coefficient (Wildman–Crippen LogP) is 2.22. The van der Waals surface area contributed by atoms with Gasteiger partial charge in [-0.2, -0.15) is 0 Å². The highest BCUT2D eigenvalue weighted by Crippen LogP contribution is 2.31. The topological polar surface area (TPSA) is 168 Å². The monoisotopic (exact) mass is 563 g/mol. The summed E-state index contributed by atoms with van der Waals surface area (Å²) in [4.78, 5) is 31.5. The van der Waals surface area contributed by atoms with Crippen LogP contribution in [0.25, 0.3) is 0 Å². The highest BCUT2D eigenvalue weighted by Gasteiger charge is 2.29. The molecule has 0 aromatic heterocycles. The van der Waals surface area contributed by atoms with Crippen molar-refractivity contribution in [3.8, 4) is 0 Å². The zero-order chi connectivity index (χ0) is 29.2. The molecule has 0 aliphatic carbocycles. The van der Waals surface area contributed by atoms with Crippen molar-refractivity contribution in [3.63, 3.8) is 0 Å². The highest BCUT2D eigenvalue weighted by atomic mass is 35.5. The number of fused-ring (bicyclic) bond motifs is 1. The Labute approximate surface area is 233 Å². The van der Waals surface area contributed by atoms with Crippen molar-refractivity contribution in [2.75, 3.05) is 25.0 Å². The molecule has 1 aliphatic rings. The Kier molecular flexibility index (Phi) is 12.2. The third-order valence-electron chi connectivity index (χ3n) is 6.16. The van der Waals surface area contributed by atoms with Crippen LogP contribution in [0, 0.1) is 5.41 Å². The third-order valence-corrected chi connectivity index (χ3v) is 6.47. The zero-order valence-electron chi connectivity index (χ0n) is 22.5. The Balaban J connectivity index is 0.000000455. The van der Waals surface area contributed by atoms with Crippen LogP contribution in [0.3, 0.4) is 0 Å². The standard InChI is InChI=1S/C24H32ClN3O.C4H6O6/c1-24(2,3)23(29)27-15-10-17-4-6-18(7-5-17)16-28-22-20-12-14-26-13-11-19(20)8-9-21(22)25;5-1(3(7)8)2(6)4(9)10/h4-9,26,28H,10-16H2,1-3H3,(H,27,29);1-2,5-6H,(H,7,8)(H,9,10)/t;1-,2-/m.1/s1. The van der Waals surface area contributed by atoms with Gasteiger partial charge in [0.15, 0.2) is 12.2 Å². The molecule has 2 aromatic carbocycles. The minimum Gasteiger partial charge on any atom is -0.479 e. The quantitative estimate of drug-likeness (QED) is 0.242. The van der Waals surface area contributed by atoms with Gasteiger partial charge in [0.2, 0.25) is 5.91 Å². The van der Waals surface area contributed by atoms with Gasteiger partial charge in [-0.1, -0.05) is 62.7 Å². The molecular formula is C28H38ClN3O7. The number of benzene rings is 2. The number of aliphatic carboxylic acids is 2. The molecule has 1 heterocycles. The molecule has 2 aromatic rings. The Morgan fingerprint density at radius 1 is 0.923 bits per heavy atom. The van der Waals surface area contributed by atoms with Gasteiger partial charge in [-0.15, -0.1) is 0 Å². The molecule has 1 amide bonds. The van der Waals surface area contributed by atoms with E-state index in [1.165, 1.54) is 22.3 Å². The largest absolute Gasteiger partial charge is 0.479 e. The Hall–Kier alpha value is -3.18. The van der Waals surface area contributed by atoms with Gasteiger partial charge in [-0.25, -0.2) is 9.59 Å². The molecule has 1 aliphatic heterocycles. The highest BCUT2D eigenvalue weighted by molar-refractivity contribution is 6.33. The van der Waals surface area contributed by atoms with Crippen molar-refractivity contribution in [1.82, 2.24) is 10.6 Å². The van der Waals surface area contributed by atoms with Crippen molar-refractivity contribution in [1.29, 1.82) is 0 Å². The van der Waals surface area contributed by atoms with Gasteiger partial charge in [0.25, 0.3) is 0 Å². The number of rotatable bonds is 9. The van der Waals surface area contributed by atoms with E-state index in [-0.39, 0.29) is 11.3 Å². The summed E-state index contributed by atoms with van der Waals surface area (Å²) < 4.78 is 0. The number of hydrogen-bond donors (Lipinski definition) is 7. The number of carboxylic acids is 2. The van der Waals surface area contributed by atoms with Gasteiger partial charge in [0.05, 0.1) is 10.7 Å². The predicted molar refractivity (Wildman–Crippen MR) is 149 cm³/mol. The summed E-state index contributed by atoms with van der Waals surface area (Å²) in [6.07, 6.45) is -1.66. The molecule has 11 heteroatoms. The first-order valence-corrected chi connectivity index (χ1v) is 13.1. The molecule has 0 saturated heterocycles. The zero-order valence-corrected chi connectivity index (χ0v) is 23.2. The number of nitrogens with one attached hydrogen (secondary N) is 3. The average molecular weight is 564 g/mol. The molecule has 10 nitrogen and oxygen atoms in total. The number of anilines is 1. The molecule has 0 unspecified atom stereocenters. The minimum absolute atomic E-state index is 0.0902. The summed E-state index contributed by atoms with van der Waals surface area (Å²) >= 11 is 6.50. The third kappa shape index (κ3) is 10.1. The molecule has 39 heavy (non-hydrogen) atoms. The second kappa shape index (κ2) is 14.8. The van der Waals surface area contributed by atoms with Crippen molar-refractivity contribution >= 4 is 35.1 Å². The maximum Gasteiger partial charge on any atom is 0.335 e. The second-order valence-electron chi connectivity index (χ2n) is 10.3. The van der Waals surface area contributed by atoms with Crippen LogP contribution < -0.4 is 16.0 Å². The van der Waals surface area contributed by atoms with Gasteiger partial charge >= 0.3 is 11.9 Å². The molecule has 7 N–H and O–H groups in total. The number of amides is 1.